The Labute approximate surface area is 115 Å². The van der Waals surface area contributed by atoms with E-state index in [0.717, 1.165) is 21.4 Å². The van der Waals surface area contributed by atoms with Gasteiger partial charge in [-0.15, -0.1) is 0 Å². The predicted octanol–water partition coefficient (Wildman–Crippen LogP) is 4.72. The number of nitrogens with one attached hydrogen (secondary N) is 1. The minimum Gasteiger partial charge on any atom is -0.452 e. The van der Waals surface area contributed by atoms with E-state index in [9.17, 15) is 0 Å². The molecule has 0 amide bonds. The van der Waals surface area contributed by atoms with Crippen molar-refractivity contribution in [1.82, 2.24) is 5.32 Å². The van der Waals surface area contributed by atoms with Crippen molar-refractivity contribution in [2.24, 2.45) is 0 Å². The van der Waals surface area contributed by atoms with E-state index >= 15 is 0 Å². The van der Waals surface area contributed by atoms with E-state index in [1.54, 1.807) is 11.3 Å². The molecule has 0 bridgehead atoms. The quantitative estimate of drug-likeness (QED) is 0.849. The molecular weight excluding hydrogens is 354 g/mol. The Bertz CT molecular complexity index is 433. The van der Waals surface area contributed by atoms with Gasteiger partial charge in [-0.3, -0.25) is 0 Å². The van der Waals surface area contributed by atoms with Gasteiger partial charge in [0.1, 0.15) is 5.76 Å². The third kappa shape index (κ3) is 2.97. The molecule has 0 aromatic carbocycles. The highest BCUT2D eigenvalue weighted by molar-refractivity contribution is 9.13. The normalized spacial score (nSPS) is 12.9. The molecule has 5 heteroatoms. The van der Waals surface area contributed by atoms with Crippen molar-refractivity contribution >= 4 is 43.2 Å². The van der Waals surface area contributed by atoms with Gasteiger partial charge in [0.25, 0.3) is 0 Å². The van der Waals surface area contributed by atoms with Crippen LogP contribution in [0.3, 0.4) is 0 Å². The van der Waals surface area contributed by atoms with Crippen molar-refractivity contribution in [2.45, 2.75) is 19.5 Å². The number of hydrogen-bond acceptors (Lipinski definition) is 3. The molecule has 2 aromatic rings. The van der Waals surface area contributed by atoms with Gasteiger partial charge in [-0.05, 0) is 67.2 Å². The van der Waals surface area contributed by atoms with E-state index in [1.807, 2.05) is 6.07 Å². The van der Waals surface area contributed by atoms with Crippen LogP contribution >= 0.6 is 43.2 Å². The Balaban J connectivity index is 1.92. The van der Waals surface area contributed by atoms with Crippen LogP contribution in [0.5, 0.6) is 0 Å². The first-order chi connectivity index (χ1) is 7.66. The summed E-state index contributed by atoms with van der Waals surface area (Å²) in [4.78, 5) is 0. The minimum absolute atomic E-state index is 0.342. The summed E-state index contributed by atoms with van der Waals surface area (Å²) in [5, 5.41) is 7.66. The molecule has 0 aliphatic heterocycles. The summed E-state index contributed by atoms with van der Waals surface area (Å²) in [6.07, 6.45) is 0. The lowest BCUT2D eigenvalue weighted by atomic mass is 10.2. The lowest BCUT2D eigenvalue weighted by Crippen LogP contribution is -2.17. The van der Waals surface area contributed by atoms with Gasteiger partial charge < -0.3 is 9.73 Å². The molecule has 0 radical (unpaired) electrons. The molecule has 0 spiro atoms. The van der Waals surface area contributed by atoms with Crippen LogP contribution in [0.4, 0.5) is 0 Å². The zero-order valence-corrected chi connectivity index (χ0v) is 12.7. The largest absolute Gasteiger partial charge is 0.452 e. The third-order valence-electron chi connectivity index (χ3n) is 2.32. The van der Waals surface area contributed by atoms with Crippen molar-refractivity contribution in [1.29, 1.82) is 0 Å². The summed E-state index contributed by atoms with van der Waals surface area (Å²) in [5.74, 6) is 0.917. The van der Waals surface area contributed by atoms with E-state index < -0.39 is 0 Å². The Morgan fingerprint density at radius 2 is 2.31 bits per heavy atom. The lowest BCUT2D eigenvalue weighted by molar-refractivity contribution is 0.446. The van der Waals surface area contributed by atoms with Crippen molar-refractivity contribution in [3.05, 3.63) is 43.4 Å². The molecule has 86 valence electrons. The number of furan rings is 1. The van der Waals surface area contributed by atoms with Gasteiger partial charge >= 0.3 is 0 Å². The second kappa shape index (κ2) is 5.49. The van der Waals surface area contributed by atoms with Gasteiger partial charge in [0.2, 0.25) is 0 Å². The smallest absolute Gasteiger partial charge is 0.183 e. The molecule has 0 aliphatic carbocycles. The summed E-state index contributed by atoms with van der Waals surface area (Å²) in [5.41, 5.74) is 1.31. The molecule has 0 fully saturated rings. The maximum Gasteiger partial charge on any atom is 0.183 e. The molecule has 2 aromatic heterocycles. The average molecular weight is 365 g/mol. The SMILES string of the molecule is CC(NCc1cc(Br)c(Br)o1)c1ccsc1. The van der Waals surface area contributed by atoms with Crippen LogP contribution in [0.15, 0.2) is 36.5 Å². The summed E-state index contributed by atoms with van der Waals surface area (Å²) < 4.78 is 7.19. The summed E-state index contributed by atoms with van der Waals surface area (Å²) in [6, 6.07) is 4.45. The Hall–Kier alpha value is -0.100. The second-order valence-electron chi connectivity index (χ2n) is 3.49. The van der Waals surface area contributed by atoms with E-state index in [1.165, 1.54) is 5.56 Å². The predicted molar refractivity (Wildman–Crippen MR) is 73.7 cm³/mol. The first-order valence-corrected chi connectivity index (χ1v) is 7.39. The van der Waals surface area contributed by atoms with Crippen LogP contribution in [0.1, 0.15) is 24.3 Å². The van der Waals surface area contributed by atoms with Gasteiger partial charge in [0, 0.05) is 6.04 Å². The van der Waals surface area contributed by atoms with Gasteiger partial charge in [0.15, 0.2) is 4.67 Å². The molecule has 1 atom stereocenters. The fourth-order valence-electron chi connectivity index (χ4n) is 1.37. The zero-order chi connectivity index (χ0) is 11.5. The summed E-state index contributed by atoms with van der Waals surface area (Å²) in [6.45, 7) is 2.87. The Morgan fingerprint density at radius 3 is 2.88 bits per heavy atom. The van der Waals surface area contributed by atoms with Crippen molar-refractivity contribution < 1.29 is 4.42 Å². The topological polar surface area (TPSA) is 25.2 Å². The zero-order valence-electron chi connectivity index (χ0n) is 8.67. The average Bonchev–Trinajstić information content (AvgIpc) is 2.86. The van der Waals surface area contributed by atoms with Gasteiger partial charge in [-0.25, -0.2) is 0 Å². The Morgan fingerprint density at radius 1 is 1.50 bits per heavy atom. The summed E-state index contributed by atoms with van der Waals surface area (Å²) in [7, 11) is 0. The molecule has 0 aliphatic rings. The molecule has 1 N–H and O–H groups in total. The highest BCUT2D eigenvalue weighted by Crippen LogP contribution is 2.27. The fourth-order valence-corrected chi connectivity index (χ4v) is 2.78. The van der Waals surface area contributed by atoms with Crippen LogP contribution in [0.2, 0.25) is 0 Å². The van der Waals surface area contributed by atoms with E-state index in [2.05, 4.69) is 60.9 Å². The number of thiophene rings is 1. The van der Waals surface area contributed by atoms with Crippen LogP contribution in [-0.4, -0.2) is 0 Å². The first kappa shape index (κ1) is 12.4. The van der Waals surface area contributed by atoms with E-state index in [0.29, 0.717) is 6.04 Å². The van der Waals surface area contributed by atoms with Crippen molar-refractivity contribution in [3.8, 4) is 0 Å². The molecule has 1 unspecified atom stereocenters. The molecular formula is C11H11Br2NOS. The van der Waals surface area contributed by atoms with Crippen LogP contribution in [0.25, 0.3) is 0 Å². The standard InChI is InChI=1S/C11H11Br2NOS/c1-7(8-2-3-16-6-8)14-5-9-4-10(12)11(13)15-9/h2-4,6-7,14H,5H2,1H3. The molecule has 2 nitrogen and oxygen atoms in total. The van der Waals surface area contributed by atoms with Crippen molar-refractivity contribution in [3.63, 3.8) is 0 Å². The van der Waals surface area contributed by atoms with E-state index in [-0.39, 0.29) is 0 Å². The number of hydrogen-bond donors (Lipinski definition) is 1. The highest BCUT2D eigenvalue weighted by Gasteiger charge is 2.09. The maximum absolute atomic E-state index is 5.49. The molecule has 0 saturated heterocycles. The first-order valence-electron chi connectivity index (χ1n) is 4.86. The summed E-state index contributed by atoms with van der Waals surface area (Å²) >= 11 is 8.43. The minimum atomic E-state index is 0.342. The van der Waals surface area contributed by atoms with Crippen molar-refractivity contribution in [2.75, 3.05) is 0 Å². The molecule has 16 heavy (non-hydrogen) atoms. The van der Waals surface area contributed by atoms with Gasteiger partial charge in [-0.2, -0.15) is 11.3 Å². The fraction of sp³-hybridized carbons (Fsp3) is 0.273. The number of rotatable bonds is 4. The molecule has 0 saturated carbocycles. The maximum atomic E-state index is 5.49. The number of halogens is 2. The van der Waals surface area contributed by atoms with Gasteiger partial charge in [-0.1, -0.05) is 0 Å². The molecule has 2 rings (SSSR count). The highest BCUT2D eigenvalue weighted by atomic mass is 79.9. The third-order valence-corrected chi connectivity index (χ3v) is 4.73. The van der Waals surface area contributed by atoms with Crippen LogP contribution in [0, 0.1) is 0 Å². The Kier molecular flexibility index (Phi) is 4.24. The van der Waals surface area contributed by atoms with Crippen LogP contribution < -0.4 is 5.32 Å². The second-order valence-corrected chi connectivity index (χ2v) is 5.85. The van der Waals surface area contributed by atoms with Crippen LogP contribution in [-0.2, 0) is 6.54 Å². The molecule has 2 heterocycles. The van der Waals surface area contributed by atoms with E-state index in [4.69, 9.17) is 4.42 Å². The van der Waals surface area contributed by atoms with Gasteiger partial charge in [0.05, 0.1) is 11.0 Å². The monoisotopic (exact) mass is 363 g/mol. The lowest BCUT2D eigenvalue weighted by Gasteiger charge is -2.10.